The van der Waals surface area contributed by atoms with E-state index in [0.29, 0.717) is 17.8 Å². The van der Waals surface area contributed by atoms with Gasteiger partial charge in [-0.3, -0.25) is 14.5 Å². The molecule has 1 aromatic rings. The van der Waals surface area contributed by atoms with Gasteiger partial charge in [-0.25, -0.2) is 0 Å². The predicted octanol–water partition coefficient (Wildman–Crippen LogP) is 1.60. The predicted molar refractivity (Wildman–Crippen MR) is 62.9 cm³/mol. The molecule has 17 heavy (non-hydrogen) atoms. The maximum Gasteiger partial charge on any atom is 0.273 e. The fourth-order valence-corrected chi connectivity index (χ4v) is 2.39. The highest BCUT2D eigenvalue weighted by molar-refractivity contribution is 6.30. The molecule has 2 aliphatic heterocycles. The molecule has 0 unspecified atom stereocenters. The summed E-state index contributed by atoms with van der Waals surface area (Å²) in [6, 6.07) is 7.29. The Morgan fingerprint density at radius 2 is 1.88 bits per heavy atom. The van der Waals surface area contributed by atoms with Crippen LogP contribution in [0.1, 0.15) is 36.2 Å². The van der Waals surface area contributed by atoms with E-state index in [0.717, 1.165) is 5.56 Å². The third kappa shape index (κ3) is 1.05. The molecule has 0 aliphatic carbocycles. The van der Waals surface area contributed by atoms with Gasteiger partial charge in [0.15, 0.2) is 0 Å². The van der Waals surface area contributed by atoms with Crippen LogP contribution in [0.4, 0.5) is 0 Å². The number of amidine groups is 1. The number of fused-ring (bicyclic) bond motifs is 3. The normalized spacial score (nSPS) is 26.0. The molecular weight excluding hydrogens is 216 g/mol. The Morgan fingerprint density at radius 1 is 1.24 bits per heavy atom. The van der Waals surface area contributed by atoms with Gasteiger partial charge in [0.2, 0.25) is 0 Å². The second-order valence-corrected chi connectivity index (χ2v) is 4.55. The monoisotopic (exact) mass is 228 g/mol. The van der Waals surface area contributed by atoms with E-state index in [9.17, 15) is 9.59 Å². The molecule has 4 nitrogen and oxygen atoms in total. The molecule has 4 heteroatoms. The Kier molecular flexibility index (Phi) is 1.82. The van der Waals surface area contributed by atoms with E-state index in [1.807, 2.05) is 25.1 Å². The fraction of sp³-hybridized carbons (Fsp3) is 0.308. The lowest BCUT2D eigenvalue weighted by Crippen LogP contribution is -2.49. The lowest BCUT2D eigenvalue weighted by molar-refractivity contribution is -0.124. The van der Waals surface area contributed by atoms with E-state index in [-0.39, 0.29) is 11.8 Å². The molecule has 86 valence electrons. The van der Waals surface area contributed by atoms with Gasteiger partial charge in [-0.15, -0.1) is 0 Å². The van der Waals surface area contributed by atoms with Crippen LogP contribution in [-0.4, -0.2) is 28.1 Å². The molecule has 0 saturated carbocycles. The molecule has 0 fully saturated rings. The van der Waals surface area contributed by atoms with Crippen molar-refractivity contribution >= 4 is 17.6 Å². The van der Waals surface area contributed by atoms with Crippen molar-refractivity contribution < 1.29 is 9.59 Å². The summed E-state index contributed by atoms with van der Waals surface area (Å²) in [6.45, 7) is 3.67. The lowest BCUT2D eigenvalue weighted by atomic mass is 9.97. The molecule has 0 bridgehead atoms. The van der Waals surface area contributed by atoms with Crippen molar-refractivity contribution in [2.24, 2.45) is 4.99 Å². The van der Waals surface area contributed by atoms with Crippen molar-refractivity contribution in [1.29, 1.82) is 0 Å². The van der Waals surface area contributed by atoms with Gasteiger partial charge in [0, 0.05) is 5.56 Å². The van der Waals surface area contributed by atoms with Crippen LogP contribution < -0.4 is 0 Å². The topological polar surface area (TPSA) is 49.7 Å². The van der Waals surface area contributed by atoms with Gasteiger partial charge in [-0.05, 0) is 19.4 Å². The molecule has 3 rings (SSSR count). The molecule has 2 heterocycles. The SMILES string of the molecule is CC[C@]1(C)C(=O)N=C2c3ccccc3C(=O)N21. The van der Waals surface area contributed by atoms with Crippen molar-refractivity contribution in [1.82, 2.24) is 4.90 Å². The number of amides is 2. The Morgan fingerprint density at radius 3 is 2.53 bits per heavy atom. The van der Waals surface area contributed by atoms with E-state index in [2.05, 4.69) is 4.99 Å². The number of benzene rings is 1. The van der Waals surface area contributed by atoms with Gasteiger partial charge in [0.05, 0.1) is 5.56 Å². The van der Waals surface area contributed by atoms with Crippen LogP contribution in [-0.2, 0) is 4.79 Å². The van der Waals surface area contributed by atoms with Crippen LogP contribution in [0.2, 0.25) is 0 Å². The second-order valence-electron chi connectivity index (χ2n) is 4.55. The van der Waals surface area contributed by atoms with Crippen LogP contribution >= 0.6 is 0 Å². The first-order chi connectivity index (χ1) is 8.09. The maximum absolute atomic E-state index is 12.3. The summed E-state index contributed by atoms with van der Waals surface area (Å²) in [5.41, 5.74) is 0.590. The number of carbonyl (C=O) groups excluding carboxylic acids is 2. The Labute approximate surface area is 99.0 Å². The fourth-order valence-electron chi connectivity index (χ4n) is 2.39. The number of hydrogen-bond acceptors (Lipinski definition) is 2. The van der Waals surface area contributed by atoms with Crippen LogP contribution in [0.3, 0.4) is 0 Å². The summed E-state index contributed by atoms with van der Waals surface area (Å²) in [5, 5.41) is 0. The van der Waals surface area contributed by atoms with Crippen molar-refractivity contribution in [3.8, 4) is 0 Å². The van der Waals surface area contributed by atoms with Gasteiger partial charge in [0.1, 0.15) is 11.4 Å². The van der Waals surface area contributed by atoms with E-state index in [4.69, 9.17) is 0 Å². The summed E-state index contributed by atoms with van der Waals surface area (Å²) in [5.74, 6) is 0.173. The van der Waals surface area contributed by atoms with Gasteiger partial charge in [-0.1, -0.05) is 25.1 Å². The number of rotatable bonds is 1. The van der Waals surface area contributed by atoms with Crippen molar-refractivity contribution in [3.05, 3.63) is 35.4 Å². The molecule has 0 saturated heterocycles. The van der Waals surface area contributed by atoms with Crippen LogP contribution in [0.15, 0.2) is 29.3 Å². The largest absolute Gasteiger partial charge is 0.277 e. The Hall–Kier alpha value is -1.97. The first kappa shape index (κ1) is 10.2. The summed E-state index contributed by atoms with van der Waals surface area (Å²) >= 11 is 0. The molecular formula is C13H12N2O2. The van der Waals surface area contributed by atoms with Crippen LogP contribution in [0.25, 0.3) is 0 Å². The average Bonchev–Trinajstić information content (AvgIpc) is 2.77. The summed E-state index contributed by atoms with van der Waals surface area (Å²) < 4.78 is 0. The van der Waals surface area contributed by atoms with Crippen molar-refractivity contribution in [2.75, 3.05) is 0 Å². The van der Waals surface area contributed by atoms with Crippen molar-refractivity contribution in [3.63, 3.8) is 0 Å². The number of nitrogens with zero attached hydrogens (tertiary/aromatic N) is 2. The summed E-state index contributed by atoms with van der Waals surface area (Å²) in [6.07, 6.45) is 0.568. The first-order valence-electron chi connectivity index (χ1n) is 5.66. The number of aliphatic imine (C=N–C) groups is 1. The average molecular weight is 228 g/mol. The van der Waals surface area contributed by atoms with E-state index < -0.39 is 5.54 Å². The zero-order valence-electron chi connectivity index (χ0n) is 9.73. The van der Waals surface area contributed by atoms with E-state index in [1.54, 1.807) is 17.9 Å². The van der Waals surface area contributed by atoms with Gasteiger partial charge < -0.3 is 0 Å². The van der Waals surface area contributed by atoms with Crippen LogP contribution in [0, 0.1) is 0 Å². The van der Waals surface area contributed by atoms with Crippen LogP contribution in [0.5, 0.6) is 0 Å². The smallest absolute Gasteiger partial charge is 0.273 e. The molecule has 0 N–H and O–H groups in total. The lowest BCUT2D eigenvalue weighted by Gasteiger charge is -2.29. The highest BCUT2D eigenvalue weighted by Crippen LogP contribution is 2.36. The molecule has 2 aliphatic rings. The third-order valence-electron chi connectivity index (χ3n) is 3.66. The van der Waals surface area contributed by atoms with E-state index in [1.165, 1.54) is 0 Å². The summed E-state index contributed by atoms with van der Waals surface area (Å²) in [4.78, 5) is 29.8. The molecule has 0 aromatic heterocycles. The zero-order chi connectivity index (χ0) is 12.2. The highest BCUT2D eigenvalue weighted by Gasteiger charge is 2.52. The number of hydrogen-bond donors (Lipinski definition) is 0. The molecule has 0 spiro atoms. The standard InChI is InChI=1S/C13H12N2O2/c1-3-13(2)12(17)14-10-8-6-4-5-7-9(8)11(16)15(10)13/h4-7H,3H2,1-2H3/t13-/m1/s1. The molecule has 2 amide bonds. The minimum absolute atomic E-state index is 0.116. The second kappa shape index (κ2) is 3.03. The third-order valence-corrected chi connectivity index (χ3v) is 3.66. The molecule has 1 atom stereocenters. The Balaban J connectivity index is 2.24. The zero-order valence-corrected chi connectivity index (χ0v) is 9.73. The number of carbonyl (C=O) groups is 2. The summed E-state index contributed by atoms with van der Waals surface area (Å²) in [7, 11) is 0. The minimum atomic E-state index is -0.814. The van der Waals surface area contributed by atoms with Gasteiger partial charge >= 0.3 is 0 Å². The van der Waals surface area contributed by atoms with Gasteiger partial charge in [0.25, 0.3) is 11.8 Å². The van der Waals surface area contributed by atoms with Crippen molar-refractivity contribution in [2.45, 2.75) is 25.8 Å². The van der Waals surface area contributed by atoms with Gasteiger partial charge in [-0.2, -0.15) is 4.99 Å². The first-order valence-corrected chi connectivity index (χ1v) is 5.66. The molecule has 1 aromatic carbocycles. The minimum Gasteiger partial charge on any atom is -0.277 e. The highest BCUT2D eigenvalue weighted by atomic mass is 16.2. The quantitative estimate of drug-likeness (QED) is 0.733. The Bertz CT molecular complexity index is 577. The van der Waals surface area contributed by atoms with E-state index >= 15 is 0 Å². The maximum atomic E-state index is 12.3. The molecule has 0 radical (unpaired) electrons.